The van der Waals surface area contributed by atoms with Crippen LogP contribution in [0.5, 0.6) is 0 Å². The lowest BCUT2D eigenvalue weighted by Crippen LogP contribution is -2.06. The Morgan fingerprint density at radius 3 is 3.07 bits per heavy atom. The van der Waals surface area contributed by atoms with Crippen molar-refractivity contribution in [2.24, 2.45) is 0 Å². The molecule has 1 heterocycles. The molecule has 0 unspecified atom stereocenters. The predicted octanol–water partition coefficient (Wildman–Crippen LogP) is 1.79. The first kappa shape index (κ1) is 10.5. The molecule has 0 spiro atoms. The molecule has 14 heavy (non-hydrogen) atoms. The number of nitriles is 1. The molecule has 0 atom stereocenters. The van der Waals surface area contributed by atoms with Crippen molar-refractivity contribution >= 4 is 23.0 Å². The average Bonchev–Trinajstić information content (AvgIpc) is 2.59. The lowest BCUT2D eigenvalue weighted by atomic mass is 10.3. The summed E-state index contributed by atoms with van der Waals surface area (Å²) in [7, 11) is 0. The van der Waals surface area contributed by atoms with Crippen LogP contribution in [0.25, 0.3) is 0 Å². The van der Waals surface area contributed by atoms with Gasteiger partial charge in [0.1, 0.15) is 4.88 Å². The average molecular weight is 210 g/mol. The number of esters is 1. The molecule has 4 nitrogen and oxygen atoms in total. The molecule has 74 valence electrons. The second kappa shape index (κ2) is 5.25. The van der Waals surface area contributed by atoms with E-state index in [4.69, 9.17) is 15.7 Å². The van der Waals surface area contributed by atoms with Crippen LogP contribution in [0.2, 0.25) is 0 Å². The molecular weight excluding hydrogens is 200 g/mol. The van der Waals surface area contributed by atoms with Crippen LogP contribution in [0.3, 0.4) is 0 Å². The Balaban J connectivity index is 2.37. The monoisotopic (exact) mass is 210 g/mol. The topological polar surface area (TPSA) is 76.1 Å². The van der Waals surface area contributed by atoms with Gasteiger partial charge in [0.2, 0.25) is 0 Å². The van der Waals surface area contributed by atoms with E-state index >= 15 is 0 Å². The van der Waals surface area contributed by atoms with Crippen LogP contribution in [-0.2, 0) is 4.74 Å². The van der Waals surface area contributed by atoms with E-state index in [2.05, 4.69) is 0 Å². The number of carbonyl (C=O) groups excluding carboxylic acids is 1. The maximum Gasteiger partial charge on any atom is 0.350 e. The van der Waals surface area contributed by atoms with Crippen molar-refractivity contribution < 1.29 is 9.53 Å². The minimum atomic E-state index is -0.407. The summed E-state index contributed by atoms with van der Waals surface area (Å²) in [6, 6.07) is 3.64. The molecule has 0 aliphatic rings. The standard InChI is InChI=1S/C9H10N2O2S/c10-4-1-2-5-13-9(12)8-7(11)3-6-14-8/h3,6H,1-2,5,11H2. The van der Waals surface area contributed by atoms with Crippen LogP contribution >= 0.6 is 11.3 Å². The molecule has 2 N–H and O–H groups in total. The fourth-order valence-corrected chi connectivity index (χ4v) is 1.58. The number of nitrogen functional groups attached to an aromatic ring is 1. The van der Waals surface area contributed by atoms with Crippen LogP contribution in [0.15, 0.2) is 11.4 Å². The highest BCUT2D eigenvalue weighted by atomic mass is 32.1. The van der Waals surface area contributed by atoms with Gasteiger partial charge in [-0.15, -0.1) is 11.3 Å². The summed E-state index contributed by atoms with van der Waals surface area (Å²) in [6.45, 7) is 0.268. The molecule has 0 saturated heterocycles. The molecule has 1 rings (SSSR count). The first-order chi connectivity index (χ1) is 6.75. The molecule has 0 aromatic carbocycles. The van der Waals surface area contributed by atoms with E-state index in [9.17, 15) is 4.79 Å². The summed E-state index contributed by atoms with van der Waals surface area (Å²) in [5.41, 5.74) is 5.97. The highest BCUT2D eigenvalue weighted by molar-refractivity contribution is 7.12. The van der Waals surface area contributed by atoms with Crippen molar-refractivity contribution in [2.45, 2.75) is 12.8 Å². The third kappa shape index (κ3) is 2.75. The zero-order chi connectivity index (χ0) is 10.4. The fourth-order valence-electron chi connectivity index (χ4n) is 0.867. The van der Waals surface area contributed by atoms with Gasteiger partial charge in [-0.1, -0.05) is 0 Å². The van der Waals surface area contributed by atoms with E-state index in [1.165, 1.54) is 11.3 Å². The lowest BCUT2D eigenvalue weighted by Gasteiger charge is -2.01. The van der Waals surface area contributed by atoms with E-state index in [0.29, 0.717) is 23.4 Å². The summed E-state index contributed by atoms with van der Waals surface area (Å²) in [5.74, 6) is -0.407. The van der Waals surface area contributed by atoms with Crippen molar-refractivity contribution in [1.29, 1.82) is 5.26 Å². The van der Waals surface area contributed by atoms with Crippen LogP contribution in [-0.4, -0.2) is 12.6 Å². The van der Waals surface area contributed by atoms with Gasteiger partial charge in [0.05, 0.1) is 18.4 Å². The molecule has 0 fully saturated rings. The number of unbranched alkanes of at least 4 members (excludes halogenated alkanes) is 1. The molecule has 0 aliphatic heterocycles. The largest absolute Gasteiger partial charge is 0.461 e. The molecule has 0 aliphatic carbocycles. The van der Waals surface area contributed by atoms with Crippen molar-refractivity contribution in [3.05, 3.63) is 16.3 Å². The van der Waals surface area contributed by atoms with Gasteiger partial charge >= 0.3 is 5.97 Å². The number of carbonyl (C=O) groups is 1. The van der Waals surface area contributed by atoms with Crippen molar-refractivity contribution in [3.63, 3.8) is 0 Å². The van der Waals surface area contributed by atoms with Gasteiger partial charge in [0.25, 0.3) is 0 Å². The SMILES string of the molecule is N#CCCCOC(=O)c1sccc1N. The molecule has 1 aromatic heterocycles. The number of rotatable bonds is 4. The van der Waals surface area contributed by atoms with Crippen molar-refractivity contribution in [1.82, 2.24) is 0 Å². The van der Waals surface area contributed by atoms with E-state index in [-0.39, 0.29) is 6.61 Å². The fraction of sp³-hybridized carbons (Fsp3) is 0.333. The smallest absolute Gasteiger partial charge is 0.350 e. The number of nitrogens with two attached hydrogens (primary N) is 1. The second-order valence-electron chi connectivity index (χ2n) is 2.60. The van der Waals surface area contributed by atoms with Gasteiger partial charge in [0, 0.05) is 6.42 Å². The van der Waals surface area contributed by atoms with E-state index in [1.807, 2.05) is 6.07 Å². The molecule has 0 amide bonds. The van der Waals surface area contributed by atoms with E-state index < -0.39 is 5.97 Å². The van der Waals surface area contributed by atoms with Crippen molar-refractivity contribution in [3.8, 4) is 6.07 Å². The number of ether oxygens (including phenoxy) is 1. The summed E-state index contributed by atoms with van der Waals surface area (Å²) in [6.07, 6.45) is 0.959. The number of hydrogen-bond donors (Lipinski definition) is 1. The van der Waals surface area contributed by atoms with Gasteiger partial charge in [-0.3, -0.25) is 0 Å². The Labute approximate surface area is 85.9 Å². The Morgan fingerprint density at radius 2 is 2.50 bits per heavy atom. The zero-order valence-corrected chi connectivity index (χ0v) is 8.34. The Kier molecular flexibility index (Phi) is 3.95. The third-order valence-electron chi connectivity index (χ3n) is 1.55. The summed E-state index contributed by atoms with van der Waals surface area (Å²) in [4.78, 5) is 11.7. The molecule has 5 heteroatoms. The molecule has 0 radical (unpaired) electrons. The van der Waals surface area contributed by atoms with Gasteiger partial charge in [-0.2, -0.15) is 5.26 Å². The Morgan fingerprint density at radius 1 is 1.71 bits per heavy atom. The summed E-state index contributed by atoms with van der Waals surface area (Å²) < 4.78 is 4.91. The normalized spacial score (nSPS) is 9.36. The third-order valence-corrected chi connectivity index (χ3v) is 2.46. The van der Waals surface area contributed by atoms with Crippen LogP contribution < -0.4 is 5.73 Å². The maximum atomic E-state index is 11.3. The number of nitrogens with zero attached hydrogens (tertiary/aromatic N) is 1. The predicted molar refractivity (Wildman–Crippen MR) is 53.9 cm³/mol. The minimum absolute atomic E-state index is 0.268. The summed E-state index contributed by atoms with van der Waals surface area (Å²) in [5, 5.41) is 9.99. The minimum Gasteiger partial charge on any atom is -0.461 e. The molecule has 0 bridgehead atoms. The second-order valence-corrected chi connectivity index (χ2v) is 3.52. The zero-order valence-electron chi connectivity index (χ0n) is 7.53. The number of hydrogen-bond acceptors (Lipinski definition) is 5. The molecular formula is C9H10N2O2S. The highest BCUT2D eigenvalue weighted by Crippen LogP contribution is 2.19. The Bertz CT molecular complexity index is 354. The van der Waals surface area contributed by atoms with Gasteiger partial charge in [-0.25, -0.2) is 4.79 Å². The summed E-state index contributed by atoms with van der Waals surface area (Å²) >= 11 is 1.26. The lowest BCUT2D eigenvalue weighted by molar-refractivity contribution is 0.0508. The quantitative estimate of drug-likeness (QED) is 0.607. The number of anilines is 1. The van der Waals surface area contributed by atoms with Gasteiger partial charge in [-0.05, 0) is 17.9 Å². The molecule has 1 aromatic rings. The highest BCUT2D eigenvalue weighted by Gasteiger charge is 2.11. The van der Waals surface area contributed by atoms with E-state index in [1.54, 1.807) is 11.4 Å². The first-order valence-electron chi connectivity index (χ1n) is 4.12. The van der Waals surface area contributed by atoms with Crippen LogP contribution in [0, 0.1) is 11.3 Å². The van der Waals surface area contributed by atoms with Gasteiger partial charge < -0.3 is 10.5 Å². The molecule has 0 saturated carbocycles. The first-order valence-corrected chi connectivity index (χ1v) is 5.00. The maximum absolute atomic E-state index is 11.3. The van der Waals surface area contributed by atoms with Crippen LogP contribution in [0.1, 0.15) is 22.5 Å². The van der Waals surface area contributed by atoms with Gasteiger partial charge in [0.15, 0.2) is 0 Å². The van der Waals surface area contributed by atoms with E-state index in [0.717, 1.165) is 0 Å². The van der Waals surface area contributed by atoms with Crippen LogP contribution in [0.4, 0.5) is 5.69 Å². The Hall–Kier alpha value is -1.54. The number of thiophene rings is 1. The van der Waals surface area contributed by atoms with Crippen molar-refractivity contribution in [2.75, 3.05) is 12.3 Å².